The fourth-order valence-electron chi connectivity index (χ4n) is 3.27. The zero-order valence-electron chi connectivity index (χ0n) is 15.3. The number of nitrogens with one attached hydrogen (secondary N) is 1. The molecule has 0 aliphatic rings. The average Bonchev–Trinajstić information content (AvgIpc) is 3.24. The number of benzene rings is 2. The molecule has 28 heavy (non-hydrogen) atoms. The first-order chi connectivity index (χ1) is 13.6. The maximum Gasteiger partial charge on any atom is 0.301 e. The van der Waals surface area contributed by atoms with Crippen molar-refractivity contribution in [2.24, 2.45) is 0 Å². The Morgan fingerprint density at radius 2 is 1.82 bits per heavy atom. The van der Waals surface area contributed by atoms with E-state index in [0.717, 1.165) is 33.8 Å². The van der Waals surface area contributed by atoms with Crippen LogP contribution >= 0.6 is 11.6 Å². The van der Waals surface area contributed by atoms with E-state index in [1.165, 1.54) is 0 Å². The second-order valence-electron chi connectivity index (χ2n) is 6.65. The summed E-state index contributed by atoms with van der Waals surface area (Å²) in [5, 5.41) is 9.54. The van der Waals surface area contributed by atoms with E-state index in [-0.39, 0.29) is 0 Å². The van der Waals surface area contributed by atoms with E-state index in [9.17, 15) is 0 Å². The van der Waals surface area contributed by atoms with Gasteiger partial charge in [0.15, 0.2) is 11.4 Å². The number of hydrogen-bond acceptors (Lipinski definition) is 5. The summed E-state index contributed by atoms with van der Waals surface area (Å²) in [6.45, 7) is 4.00. The first-order valence-electron chi connectivity index (χ1n) is 8.83. The third-order valence-electron chi connectivity index (χ3n) is 4.54. The number of nitrogens with zero attached hydrogens (tertiary/aromatic N) is 4. The predicted octanol–water partition coefficient (Wildman–Crippen LogP) is 5.58. The molecule has 0 spiro atoms. The van der Waals surface area contributed by atoms with Crippen molar-refractivity contribution < 1.29 is 4.42 Å². The lowest BCUT2D eigenvalue weighted by atomic mass is 10.1. The number of rotatable bonds is 3. The van der Waals surface area contributed by atoms with Gasteiger partial charge in [-0.25, -0.2) is 4.98 Å². The molecule has 0 atom stereocenters. The highest BCUT2D eigenvalue weighted by Gasteiger charge is 2.14. The lowest BCUT2D eigenvalue weighted by Crippen LogP contribution is -2.05. The number of hydrogen-bond donors (Lipinski definition) is 1. The number of fused-ring (bicyclic) bond motifs is 2. The van der Waals surface area contributed by atoms with Crippen LogP contribution in [0.25, 0.3) is 27.8 Å². The van der Waals surface area contributed by atoms with Gasteiger partial charge in [0.1, 0.15) is 11.3 Å². The van der Waals surface area contributed by atoms with Crippen LogP contribution in [0.4, 0.5) is 11.8 Å². The van der Waals surface area contributed by atoms with Crippen molar-refractivity contribution >= 4 is 45.4 Å². The fourth-order valence-corrected chi connectivity index (χ4v) is 3.43. The fraction of sp³-hybridized carbons (Fsp3) is 0.0952. The summed E-state index contributed by atoms with van der Waals surface area (Å²) in [6, 6.07) is 17.7. The Hall–Kier alpha value is -3.38. The Morgan fingerprint density at radius 3 is 2.71 bits per heavy atom. The van der Waals surface area contributed by atoms with Gasteiger partial charge in [0, 0.05) is 16.5 Å². The van der Waals surface area contributed by atoms with Crippen LogP contribution in [0.3, 0.4) is 0 Å². The van der Waals surface area contributed by atoms with Gasteiger partial charge < -0.3 is 4.42 Å². The Morgan fingerprint density at radius 1 is 0.964 bits per heavy atom. The van der Waals surface area contributed by atoms with Crippen molar-refractivity contribution in [1.29, 1.82) is 0 Å². The normalized spacial score (nSPS) is 11.4. The summed E-state index contributed by atoms with van der Waals surface area (Å²) in [7, 11) is 0. The molecular formula is C21H16ClN5O. The molecule has 7 heteroatoms. The monoisotopic (exact) mass is 389 g/mol. The first kappa shape index (κ1) is 16.8. The summed E-state index contributed by atoms with van der Waals surface area (Å²) in [5.74, 6) is 1.45. The molecule has 0 saturated carbocycles. The van der Waals surface area contributed by atoms with Gasteiger partial charge in [0.2, 0.25) is 0 Å². The number of halogens is 1. The average molecular weight is 390 g/mol. The first-order valence-corrected chi connectivity index (χ1v) is 9.21. The third-order valence-corrected chi connectivity index (χ3v) is 4.78. The molecule has 0 aliphatic heterocycles. The highest BCUT2D eigenvalue weighted by atomic mass is 35.5. The molecule has 1 N–H and O–H groups in total. The van der Waals surface area contributed by atoms with Gasteiger partial charge in [-0.1, -0.05) is 29.8 Å². The SMILES string of the molecule is Cc1cc(Nc2nc3cc(Cl)ccc3o2)n(-c2cc(C)c3ccccc3n2)n1. The van der Waals surface area contributed by atoms with Gasteiger partial charge in [-0.05, 0) is 49.7 Å². The second-order valence-corrected chi connectivity index (χ2v) is 7.09. The summed E-state index contributed by atoms with van der Waals surface area (Å²) < 4.78 is 7.54. The molecule has 6 nitrogen and oxygen atoms in total. The van der Waals surface area contributed by atoms with Gasteiger partial charge >= 0.3 is 6.01 Å². The summed E-state index contributed by atoms with van der Waals surface area (Å²) in [6.07, 6.45) is 0. The molecular weight excluding hydrogens is 374 g/mol. The van der Waals surface area contributed by atoms with Crippen molar-refractivity contribution in [3.63, 3.8) is 0 Å². The highest BCUT2D eigenvalue weighted by molar-refractivity contribution is 6.31. The van der Waals surface area contributed by atoms with E-state index in [4.69, 9.17) is 21.0 Å². The van der Waals surface area contributed by atoms with Crippen LogP contribution in [0, 0.1) is 13.8 Å². The van der Waals surface area contributed by atoms with Crippen LogP contribution in [0.5, 0.6) is 0 Å². The Labute approximate surface area is 165 Å². The number of anilines is 2. The quantitative estimate of drug-likeness (QED) is 0.436. The number of pyridine rings is 1. The molecule has 2 aromatic carbocycles. The van der Waals surface area contributed by atoms with Crippen molar-refractivity contribution in [2.45, 2.75) is 13.8 Å². The molecule has 3 heterocycles. The van der Waals surface area contributed by atoms with Gasteiger partial charge in [-0.2, -0.15) is 14.8 Å². The summed E-state index contributed by atoms with van der Waals surface area (Å²) in [5.41, 5.74) is 4.27. The molecule has 0 aliphatic carbocycles. The molecule has 3 aromatic heterocycles. The van der Waals surface area contributed by atoms with Gasteiger partial charge in [-0.3, -0.25) is 5.32 Å². The summed E-state index contributed by atoms with van der Waals surface area (Å²) >= 11 is 6.03. The summed E-state index contributed by atoms with van der Waals surface area (Å²) in [4.78, 5) is 9.22. The van der Waals surface area contributed by atoms with E-state index < -0.39 is 0 Å². The highest BCUT2D eigenvalue weighted by Crippen LogP contribution is 2.27. The van der Waals surface area contributed by atoms with Crippen LogP contribution in [0.1, 0.15) is 11.3 Å². The van der Waals surface area contributed by atoms with Crippen molar-refractivity contribution in [3.05, 3.63) is 70.9 Å². The molecule has 5 aromatic rings. The standard InChI is InChI=1S/C21H16ClN5O/c1-12-9-19(23-16-6-4-3-5-15(12)16)27-20(10-13(2)26-27)25-21-24-17-11-14(22)7-8-18(17)28-21/h3-11H,1-2H3,(H,24,25). The molecule has 0 saturated heterocycles. The van der Waals surface area contributed by atoms with E-state index in [1.54, 1.807) is 22.9 Å². The molecule has 0 radical (unpaired) electrons. The van der Waals surface area contributed by atoms with Crippen molar-refractivity contribution in [2.75, 3.05) is 5.32 Å². The molecule has 0 fully saturated rings. The maximum absolute atomic E-state index is 6.03. The minimum atomic E-state index is 0.371. The smallest absolute Gasteiger partial charge is 0.301 e. The van der Waals surface area contributed by atoms with E-state index in [1.807, 2.05) is 37.3 Å². The van der Waals surface area contributed by atoms with Crippen LogP contribution in [-0.2, 0) is 0 Å². The Kier molecular flexibility index (Phi) is 3.80. The minimum absolute atomic E-state index is 0.371. The molecule has 0 amide bonds. The topological polar surface area (TPSA) is 68.8 Å². The van der Waals surface area contributed by atoms with Crippen LogP contribution in [0.15, 0.2) is 59.0 Å². The lowest BCUT2D eigenvalue weighted by molar-refractivity contribution is 0.621. The van der Waals surface area contributed by atoms with Gasteiger partial charge in [-0.15, -0.1) is 0 Å². The Bertz CT molecular complexity index is 1340. The molecule has 0 bridgehead atoms. The van der Waals surface area contributed by atoms with E-state index >= 15 is 0 Å². The van der Waals surface area contributed by atoms with Gasteiger partial charge in [0.05, 0.1) is 11.2 Å². The van der Waals surface area contributed by atoms with Gasteiger partial charge in [0.25, 0.3) is 0 Å². The van der Waals surface area contributed by atoms with Crippen molar-refractivity contribution in [1.82, 2.24) is 19.7 Å². The van der Waals surface area contributed by atoms with Crippen LogP contribution in [0.2, 0.25) is 5.02 Å². The minimum Gasteiger partial charge on any atom is -0.423 e. The number of oxazole rings is 1. The zero-order valence-corrected chi connectivity index (χ0v) is 16.0. The lowest BCUT2D eigenvalue weighted by Gasteiger charge is -2.09. The maximum atomic E-state index is 6.03. The number of aromatic nitrogens is 4. The van der Waals surface area contributed by atoms with Crippen LogP contribution in [-0.4, -0.2) is 19.7 Å². The molecule has 5 rings (SSSR count). The largest absolute Gasteiger partial charge is 0.423 e. The van der Waals surface area contributed by atoms with Crippen LogP contribution < -0.4 is 5.32 Å². The van der Waals surface area contributed by atoms with Crippen molar-refractivity contribution in [3.8, 4) is 5.82 Å². The zero-order chi connectivity index (χ0) is 19.3. The number of aryl methyl sites for hydroxylation is 2. The molecule has 138 valence electrons. The second kappa shape index (κ2) is 6.35. The predicted molar refractivity (Wildman–Crippen MR) is 111 cm³/mol. The Balaban J connectivity index is 1.59. The number of para-hydroxylation sites is 1. The molecule has 0 unspecified atom stereocenters. The van der Waals surface area contributed by atoms with E-state index in [0.29, 0.717) is 22.1 Å². The third kappa shape index (κ3) is 2.88. The van der Waals surface area contributed by atoms with E-state index in [2.05, 4.69) is 28.4 Å².